The molecule has 0 radical (unpaired) electrons. The van der Waals surface area contributed by atoms with Gasteiger partial charge in [0.25, 0.3) is 5.56 Å². The fourth-order valence-corrected chi connectivity index (χ4v) is 1.17. The molecule has 4 nitrogen and oxygen atoms in total. The summed E-state index contributed by atoms with van der Waals surface area (Å²) in [6, 6.07) is 0. The summed E-state index contributed by atoms with van der Waals surface area (Å²) >= 11 is 0. The first-order valence-corrected chi connectivity index (χ1v) is 3.77. The Morgan fingerprint density at radius 3 is 3.15 bits per heavy atom. The van der Waals surface area contributed by atoms with Crippen molar-refractivity contribution >= 4 is 17.0 Å². The second-order valence-corrected chi connectivity index (χ2v) is 2.56. The number of nitrogens with zero attached hydrogens (tertiary/aromatic N) is 2. The summed E-state index contributed by atoms with van der Waals surface area (Å²) in [5.74, 6) is 0. The van der Waals surface area contributed by atoms with E-state index in [1.165, 1.54) is 12.5 Å². The summed E-state index contributed by atoms with van der Waals surface area (Å²) < 4.78 is 0. The molecule has 0 atom stereocenters. The number of H-pyrrole nitrogens is 1. The maximum absolute atomic E-state index is 11.3. The highest BCUT2D eigenvalue weighted by Crippen LogP contribution is 2.10. The van der Waals surface area contributed by atoms with Gasteiger partial charge in [-0.1, -0.05) is 12.7 Å². The molecule has 1 N–H and O–H groups in total. The molecule has 2 aromatic heterocycles. The zero-order valence-electron chi connectivity index (χ0n) is 6.82. The number of pyridine rings is 1. The van der Waals surface area contributed by atoms with Crippen molar-refractivity contribution in [1.29, 1.82) is 0 Å². The van der Waals surface area contributed by atoms with Crippen LogP contribution in [0.5, 0.6) is 0 Å². The Hall–Kier alpha value is -1.97. The Morgan fingerprint density at radius 1 is 1.54 bits per heavy atom. The highest BCUT2D eigenvalue weighted by molar-refractivity contribution is 5.84. The molecule has 0 aliphatic heterocycles. The highest BCUT2D eigenvalue weighted by Gasteiger charge is 2.01. The van der Waals surface area contributed by atoms with Gasteiger partial charge in [0.05, 0.1) is 10.9 Å². The van der Waals surface area contributed by atoms with E-state index in [1.807, 2.05) is 0 Å². The lowest BCUT2D eigenvalue weighted by atomic mass is 10.2. The van der Waals surface area contributed by atoms with E-state index in [-0.39, 0.29) is 5.56 Å². The lowest BCUT2D eigenvalue weighted by Gasteiger charge is -1.97. The first-order valence-electron chi connectivity index (χ1n) is 3.77. The maximum Gasteiger partial charge on any atom is 0.259 e. The van der Waals surface area contributed by atoms with E-state index in [1.54, 1.807) is 12.3 Å². The fourth-order valence-electron chi connectivity index (χ4n) is 1.17. The standard InChI is InChI=1S/C9H7N3O/c1-2-6-3-11-9(13)7-4-10-5-12-8(6)7/h2-5H,1H2,(H,11,13). The van der Waals surface area contributed by atoms with Crippen LogP contribution >= 0.6 is 0 Å². The van der Waals surface area contributed by atoms with E-state index in [4.69, 9.17) is 0 Å². The van der Waals surface area contributed by atoms with Crippen LogP contribution in [0.2, 0.25) is 0 Å². The first-order chi connectivity index (χ1) is 6.33. The second-order valence-electron chi connectivity index (χ2n) is 2.56. The molecule has 0 spiro atoms. The molecule has 2 heterocycles. The third kappa shape index (κ3) is 1.12. The minimum Gasteiger partial charge on any atom is -0.328 e. The van der Waals surface area contributed by atoms with Crippen molar-refractivity contribution in [2.45, 2.75) is 0 Å². The predicted molar refractivity (Wildman–Crippen MR) is 50.2 cm³/mol. The number of hydrogen-bond donors (Lipinski definition) is 1. The average molecular weight is 173 g/mol. The molecular weight excluding hydrogens is 166 g/mol. The van der Waals surface area contributed by atoms with Crippen LogP contribution in [-0.2, 0) is 0 Å². The van der Waals surface area contributed by atoms with Crippen molar-refractivity contribution < 1.29 is 0 Å². The normalized spacial score (nSPS) is 10.2. The summed E-state index contributed by atoms with van der Waals surface area (Å²) in [5.41, 5.74) is 1.26. The van der Waals surface area contributed by atoms with Crippen LogP contribution in [0, 0.1) is 0 Å². The molecule has 0 amide bonds. The molecular formula is C9H7N3O. The van der Waals surface area contributed by atoms with E-state index in [0.29, 0.717) is 10.9 Å². The van der Waals surface area contributed by atoms with Gasteiger partial charge in [-0.25, -0.2) is 9.97 Å². The predicted octanol–water partition coefficient (Wildman–Crippen LogP) is 0.961. The van der Waals surface area contributed by atoms with Crippen LogP contribution in [-0.4, -0.2) is 15.0 Å². The summed E-state index contributed by atoms with van der Waals surface area (Å²) in [4.78, 5) is 21.7. The molecule has 2 rings (SSSR count). The van der Waals surface area contributed by atoms with Gasteiger partial charge in [0.1, 0.15) is 6.33 Å². The third-order valence-corrected chi connectivity index (χ3v) is 1.81. The maximum atomic E-state index is 11.3. The molecule has 13 heavy (non-hydrogen) atoms. The number of aromatic amines is 1. The van der Waals surface area contributed by atoms with Crippen LogP contribution in [0.1, 0.15) is 5.56 Å². The van der Waals surface area contributed by atoms with Gasteiger partial charge in [-0.05, 0) is 0 Å². The van der Waals surface area contributed by atoms with Crippen molar-refractivity contribution in [1.82, 2.24) is 15.0 Å². The number of hydrogen-bond acceptors (Lipinski definition) is 3. The summed E-state index contributed by atoms with van der Waals surface area (Å²) in [6.07, 6.45) is 6.14. The third-order valence-electron chi connectivity index (χ3n) is 1.81. The topological polar surface area (TPSA) is 58.6 Å². The van der Waals surface area contributed by atoms with Gasteiger partial charge in [0, 0.05) is 18.0 Å². The molecule has 0 bridgehead atoms. The molecule has 0 fully saturated rings. The molecule has 0 aromatic carbocycles. The van der Waals surface area contributed by atoms with Gasteiger partial charge >= 0.3 is 0 Å². The van der Waals surface area contributed by atoms with Gasteiger partial charge in [-0.3, -0.25) is 4.79 Å². The minimum absolute atomic E-state index is 0.179. The molecule has 0 unspecified atom stereocenters. The fraction of sp³-hybridized carbons (Fsp3) is 0. The Morgan fingerprint density at radius 2 is 2.38 bits per heavy atom. The molecule has 4 heteroatoms. The minimum atomic E-state index is -0.179. The van der Waals surface area contributed by atoms with Crippen molar-refractivity contribution in [2.24, 2.45) is 0 Å². The summed E-state index contributed by atoms with van der Waals surface area (Å²) in [7, 11) is 0. The zero-order chi connectivity index (χ0) is 9.26. The van der Waals surface area contributed by atoms with Gasteiger partial charge in [-0.2, -0.15) is 0 Å². The van der Waals surface area contributed by atoms with E-state index in [0.717, 1.165) is 5.56 Å². The van der Waals surface area contributed by atoms with Crippen molar-refractivity contribution in [3.63, 3.8) is 0 Å². The quantitative estimate of drug-likeness (QED) is 0.698. The smallest absolute Gasteiger partial charge is 0.259 e. The van der Waals surface area contributed by atoms with E-state index in [9.17, 15) is 4.79 Å². The van der Waals surface area contributed by atoms with E-state index < -0.39 is 0 Å². The van der Waals surface area contributed by atoms with Crippen molar-refractivity contribution in [3.05, 3.63) is 41.2 Å². The summed E-state index contributed by atoms with van der Waals surface area (Å²) in [5, 5.41) is 0.486. The van der Waals surface area contributed by atoms with Crippen molar-refractivity contribution in [2.75, 3.05) is 0 Å². The Labute approximate surface area is 74.0 Å². The Bertz CT molecular complexity index is 515. The van der Waals surface area contributed by atoms with Gasteiger partial charge in [-0.15, -0.1) is 0 Å². The summed E-state index contributed by atoms with van der Waals surface area (Å²) in [6.45, 7) is 3.63. The SMILES string of the molecule is C=Cc1c[nH]c(=O)c2cncnc12. The Kier molecular flexibility index (Phi) is 1.66. The van der Waals surface area contributed by atoms with Crippen molar-refractivity contribution in [3.8, 4) is 0 Å². The van der Waals surface area contributed by atoms with Gasteiger partial charge in [0.15, 0.2) is 0 Å². The molecule has 64 valence electrons. The van der Waals surface area contributed by atoms with Crippen LogP contribution in [0.4, 0.5) is 0 Å². The van der Waals surface area contributed by atoms with Gasteiger partial charge < -0.3 is 4.98 Å². The van der Waals surface area contributed by atoms with Crippen LogP contribution in [0.25, 0.3) is 17.0 Å². The van der Waals surface area contributed by atoms with Crippen LogP contribution in [0.3, 0.4) is 0 Å². The highest BCUT2D eigenvalue weighted by atomic mass is 16.1. The van der Waals surface area contributed by atoms with Crippen LogP contribution in [0.15, 0.2) is 30.1 Å². The first kappa shape index (κ1) is 7.67. The molecule has 0 saturated heterocycles. The molecule has 2 aromatic rings. The van der Waals surface area contributed by atoms with E-state index in [2.05, 4.69) is 21.5 Å². The lowest BCUT2D eigenvalue weighted by Crippen LogP contribution is -2.07. The second kappa shape index (κ2) is 2.82. The number of nitrogens with one attached hydrogen (secondary N) is 1. The molecule has 0 aliphatic carbocycles. The van der Waals surface area contributed by atoms with Crippen LogP contribution < -0.4 is 5.56 Å². The largest absolute Gasteiger partial charge is 0.328 e. The monoisotopic (exact) mass is 173 g/mol. The Balaban J connectivity index is 3.01. The molecule has 0 saturated carbocycles. The van der Waals surface area contributed by atoms with E-state index >= 15 is 0 Å². The lowest BCUT2D eigenvalue weighted by molar-refractivity contribution is 1.18. The number of rotatable bonds is 1. The zero-order valence-corrected chi connectivity index (χ0v) is 6.82. The average Bonchev–Trinajstić information content (AvgIpc) is 2.19. The molecule has 0 aliphatic rings. The number of aromatic nitrogens is 3. The van der Waals surface area contributed by atoms with Gasteiger partial charge in [0.2, 0.25) is 0 Å². The number of fused-ring (bicyclic) bond motifs is 1.